The average Bonchev–Trinajstić information content (AvgIpc) is 2.54. The van der Waals surface area contributed by atoms with E-state index < -0.39 is 10.9 Å². The van der Waals surface area contributed by atoms with Gasteiger partial charge in [-0.1, -0.05) is 12.1 Å². The predicted molar refractivity (Wildman–Crippen MR) is 90.5 cm³/mol. The van der Waals surface area contributed by atoms with Gasteiger partial charge >= 0.3 is 5.97 Å². The van der Waals surface area contributed by atoms with Crippen molar-refractivity contribution >= 4 is 23.4 Å². The second-order valence-electron chi connectivity index (χ2n) is 5.19. The quantitative estimate of drug-likeness (QED) is 0.272. The normalized spacial score (nSPS) is 10.4. The van der Waals surface area contributed by atoms with Crippen LogP contribution in [0.1, 0.15) is 27.0 Å². The standard InChI is InChI=1S/C17H17NO4S/c1-10-5-6-11(2)16(12(10)3)22-17(19)13-7-8-15(23-4)14(9-13)18(20)21/h5-9H,1-4H3. The topological polar surface area (TPSA) is 69.4 Å². The van der Waals surface area contributed by atoms with Crippen LogP contribution in [0.3, 0.4) is 0 Å². The number of hydrogen-bond donors (Lipinski definition) is 0. The Labute approximate surface area is 138 Å². The van der Waals surface area contributed by atoms with E-state index >= 15 is 0 Å². The predicted octanol–water partition coefficient (Wildman–Crippen LogP) is 4.46. The maximum atomic E-state index is 12.4. The van der Waals surface area contributed by atoms with E-state index in [1.54, 1.807) is 18.4 Å². The molecule has 0 aromatic heterocycles. The number of ether oxygens (including phenoxy) is 1. The summed E-state index contributed by atoms with van der Waals surface area (Å²) in [6.07, 6.45) is 1.75. The van der Waals surface area contributed by atoms with E-state index in [4.69, 9.17) is 4.74 Å². The lowest BCUT2D eigenvalue weighted by atomic mass is 10.1. The molecule has 2 aromatic rings. The van der Waals surface area contributed by atoms with Crippen LogP contribution in [0.15, 0.2) is 35.2 Å². The molecule has 0 spiro atoms. The van der Waals surface area contributed by atoms with Gasteiger partial charge in [0.25, 0.3) is 5.69 Å². The van der Waals surface area contributed by atoms with Crippen molar-refractivity contribution in [2.75, 3.05) is 6.26 Å². The van der Waals surface area contributed by atoms with Crippen LogP contribution in [0.2, 0.25) is 0 Å². The van der Waals surface area contributed by atoms with Crippen LogP contribution in [-0.4, -0.2) is 17.1 Å². The lowest BCUT2D eigenvalue weighted by Crippen LogP contribution is -2.11. The Kier molecular flexibility index (Phi) is 5.05. The minimum atomic E-state index is -0.599. The molecule has 2 rings (SSSR count). The van der Waals surface area contributed by atoms with Crippen molar-refractivity contribution in [2.45, 2.75) is 25.7 Å². The summed E-state index contributed by atoms with van der Waals surface area (Å²) in [6, 6.07) is 8.20. The Balaban J connectivity index is 2.37. The highest BCUT2D eigenvalue weighted by molar-refractivity contribution is 7.98. The maximum absolute atomic E-state index is 12.4. The summed E-state index contributed by atoms with van der Waals surface area (Å²) in [4.78, 5) is 23.5. The van der Waals surface area contributed by atoms with Gasteiger partial charge in [0.15, 0.2) is 0 Å². The first kappa shape index (κ1) is 17.0. The number of nitro groups is 1. The number of esters is 1. The molecule has 0 N–H and O–H groups in total. The molecule has 5 nitrogen and oxygen atoms in total. The third-order valence-electron chi connectivity index (χ3n) is 3.68. The van der Waals surface area contributed by atoms with E-state index in [1.165, 1.54) is 17.8 Å². The van der Waals surface area contributed by atoms with Gasteiger partial charge in [0, 0.05) is 6.07 Å². The molecule has 0 saturated carbocycles. The largest absolute Gasteiger partial charge is 0.422 e. The Hall–Kier alpha value is -2.34. The first-order valence-corrected chi connectivity index (χ1v) is 8.19. The summed E-state index contributed by atoms with van der Waals surface area (Å²) >= 11 is 1.26. The van der Waals surface area contributed by atoms with Gasteiger partial charge in [-0.05, 0) is 55.9 Å². The van der Waals surface area contributed by atoms with E-state index in [2.05, 4.69) is 0 Å². The highest BCUT2D eigenvalue weighted by Crippen LogP contribution is 2.30. The number of nitrogens with zero attached hydrogens (tertiary/aromatic N) is 1. The number of hydrogen-bond acceptors (Lipinski definition) is 5. The Bertz CT molecular complexity index is 786. The summed E-state index contributed by atoms with van der Waals surface area (Å²) < 4.78 is 5.48. The number of carbonyl (C=O) groups excluding carboxylic acids is 1. The number of benzene rings is 2. The monoisotopic (exact) mass is 331 g/mol. The van der Waals surface area contributed by atoms with Crippen molar-refractivity contribution in [2.24, 2.45) is 0 Å². The fraction of sp³-hybridized carbons (Fsp3) is 0.235. The van der Waals surface area contributed by atoms with Crippen molar-refractivity contribution in [1.29, 1.82) is 0 Å². The lowest BCUT2D eigenvalue weighted by Gasteiger charge is -2.12. The Morgan fingerprint density at radius 3 is 2.39 bits per heavy atom. The average molecular weight is 331 g/mol. The SMILES string of the molecule is CSc1ccc(C(=O)Oc2c(C)ccc(C)c2C)cc1[N+](=O)[O-]. The van der Waals surface area contributed by atoms with Crippen molar-refractivity contribution in [3.8, 4) is 5.75 Å². The van der Waals surface area contributed by atoms with E-state index in [9.17, 15) is 14.9 Å². The van der Waals surface area contributed by atoms with Crippen LogP contribution < -0.4 is 4.74 Å². The minimum absolute atomic E-state index is 0.0929. The fourth-order valence-electron chi connectivity index (χ4n) is 2.19. The second kappa shape index (κ2) is 6.83. The van der Waals surface area contributed by atoms with Gasteiger partial charge in [-0.2, -0.15) is 0 Å². The van der Waals surface area contributed by atoms with Crippen LogP contribution in [0, 0.1) is 30.9 Å². The van der Waals surface area contributed by atoms with Gasteiger partial charge in [0.2, 0.25) is 0 Å². The van der Waals surface area contributed by atoms with Gasteiger partial charge in [0.1, 0.15) is 5.75 Å². The molecule has 2 aromatic carbocycles. The zero-order valence-electron chi connectivity index (χ0n) is 13.4. The number of nitro benzene ring substituents is 1. The molecule has 0 aliphatic rings. The minimum Gasteiger partial charge on any atom is -0.422 e. The van der Waals surface area contributed by atoms with Gasteiger partial charge in [-0.3, -0.25) is 10.1 Å². The molecule has 120 valence electrons. The first-order chi connectivity index (χ1) is 10.8. The second-order valence-corrected chi connectivity index (χ2v) is 6.03. The third kappa shape index (κ3) is 3.53. The fourth-order valence-corrected chi connectivity index (χ4v) is 2.74. The molecule has 0 saturated heterocycles. The summed E-state index contributed by atoms with van der Waals surface area (Å²) in [5, 5.41) is 11.1. The molecular formula is C17H17NO4S. The molecule has 0 heterocycles. The molecule has 6 heteroatoms. The van der Waals surface area contributed by atoms with Crippen LogP contribution in [0.5, 0.6) is 5.75 Å². The van der Waals surface area contributed by atoms with Crippen molar-refractivity contribution in [1.82, 2.24) is 0 Å². The van der Waals surface area contributed by atoms with Crippen molar-refractivity contribution in [3.05, 3.63) is 62.7 Å². The van der Waals surface area contributed by atoms with E-state index in [0.717, 1.165) is 16.7 Å². The first-order valence-electron chi connectivity index (χ1n) is 6.96. The summed E-state index contributed by atoms with van der Waals surface area (Å²) in [7, 11) is 0. The molecule has 0 aliphatic carbocycles. The number of carbonyl (C=O) groups is 1. The highest BCUT2D eigenvalue weighted by Gasteiger charge is 2.19. The van der Waals surface area contributed by atoms with Crippen LogP contribution in [0.4, 0.5) is 5.69 Å². The molecule has 0 radical (unpaired) electrons. The zero-order valence-corrected chi connectivity index (χ0v) is 14.2. The summed E-state index contributed by atoms with van der Waals surface area (Å²) in [6.45, 7) is 5.67. The molecule has 0 bridgehead atoms. The number of aryl methyl sites for hydroxylation is 2. The Morgan fingerprint density at radius 1 is 1.13 bits per heavy atom. The Morgan fingerprint density at radius 2 is 1.78 bits per heavy atom. The van der Waals surface area contributed by atoms with E-state index in [-0.39, 0.29) is 11.3 Å². The third-order valence-corrected chi connectivity index (χ3v) is 4.46. The zero-order chi connectivity index (χ0) is 17.1. The van der Waals surface area contributed by atoms with E-state index in [0.29, 0.717) is 10.6 Å². The molecule has 0 unspecified atom stereocenters. The molecular weight excluding hydrogens is 314 g/mol. The van der Waals surface area contributed by atoms with Crippen molar-refractivity contribution < 1.29 is 14.5 Å². The van der Waals surface area contributed by atoms with Crippen LogP contribution in [0.25, 0.3) is 0 Å². The van der Waals surface area contributed by atoms with Gasteiger partial charge in [-0.15, -0.1) is 11.8 Å². The van der Waals surface area contributed by atoms with Gasteiger partial charge in [-0.25, -0.2) is 4.79 Å². The summed E-state index contributed by atoms with van der Waals surface area (Å²) in [5.41, 5.74) is 2.81. The molecule has 0 fully saturated rings. The number of rotatable bonds is 4. The number of thioether (sulfide) groups is 1. The molecule has 0 amide bonds. The molecule has 23 heavy (non-hydrogen) atoms. The van der Waals surface area contributed by atoms with Crippen LogP contribution >= 0.6 is 11.8 Å². The van der Waals surface area contributed by atoms with Gasteiger partial charge < -0.3 is 4.74 Å². The van der Waals surface area contributed by atoms with Gasteiger partial charge in [0.05, 0.1) is 15.4 Å². The molecule has 0 atom stereocenters. The molecule has 0 aliphatic heterocycles. The lowest BCUT2D eigenvalue weighted by molar-refractivity contribution is -0.387. The smallest absolute Gasteiger partial charge is 0.343 e. The maximum Gasteiger partial charge on any atom is 0.343 e. The van der Waals surface area contributed by atoms with Crippen molar-refractivity contribution in [3.63, 3.8) is 0 Å². The van der Waals surface area contributed by atoms with E-state index in [1.807, 2.05) is 32.9 Å². The van der Waals surface area contributed by atoms with Crippen LogP contribution in [-0.2, 0) is 0 Å². The highest BCUT2D eigenvalue weighted by atomic mass is 32.2. The summed E-state index contributed by atoms with van der Waals surface area (Å²) in [5.74, 6) is -0.0934.